The fraction of sp³-hybridized carbons (Fsp3) is 0.133. The average molecular weight is 276 g/mol. The molecule has 0 radical (unpaired) electrons. The molecule has 0 spiro atoms. The van der Waals surface area contributed by atoms with Crippen LogP contribution in [-0.4, -0.2) is 4.57 Å². The third kappa shape index (κ3) is 2.91. The molecule has 0 unspecified atom stereocenters. The van der Waals surface area contributed by atoms with E-state index in [0.717, 1.165) is 17.8 Å². The third-order valence-corrected chi connectivity index (χ3v) is 2.90. The standard InChI is InChI=1S/C15H11F3N2/c1-20-7-3-6-14(20)9-12(10-19)11-4-2-5-13(8-11)15(16,17)18/h2-9H,1H3/b12-9+. The highest BCUT2D eigenvalue weighted by Gasteiger charge is 2.30. The Morgan fingerprint density at radius 3 is 2.55 bits per heavy atom. The van der Waals surface area contributed by atoms with Crippen LogP contribution in [0.2, 0.25) is 0 Å². The first-order valence-electron chi connectivity index (χ1n) is 5.82. The molecular weight excluding hydrogens is 265 g/mol. The van der Waals surface area contributed by atoms with Crippen molar-refractivity contribution in [3.63, 3.8) is 0 Å². The van der Waals surface area contributed by atoms with Gasteiger partial charge in [0, 0.05) is 18.9 Å². The van der Waals surface area contributed by atoms with Crippen molar-refractivity contribution in [1.82, 2.24) is 4.57 Å². The molecule has 0 saturated carbocycles. The highest BCUT2D eigenvalue weighted by Crippen LogP contribution is 2.31. The van der Waals surface area contributed by atoms with Crippen LogP contribution in [0.1, 0.15) is 16.8 Å². The van der Waals surface area contributed by atoms with Gasteiger partial charge in [0.25, 0.3) is 0 Å². The quantitative estimate of drug-likeness (QED) is 0.759. The number of hydrogen-bond acceptors (Lipinski definition) is 1. The largest absolute Gasteiger partial charge is 0.416 e. The van der Waals surface area contributed by atoms with Crippen molar-refractivity contribution < 1.29 is 13.2 Å². The van der Waals surface area contributed by atoms with Crippen LogP contribution in [0.5, 0.6) is 0 Å². The zero-order valence-corrected chi connectivity index (χ0v) is 10.6. The molecule has 0 aliphatic rings. The lowest BCUT2D eigenvalue weighted by molar-refractivity contribution is -0.137. The van der Waals surface area contributed by atoms with Gasteiger partial charge in [0.15, 0.2) is 0 Å². The number of alkyl halides is 3. The molecule has 1 heterocycles. The maximum atomic E-state index is 12.7. The van der Waals surface area contributed by atoms with Gasteiger partial charge in [-0.15, -0.1) is 0 Å². The van der Waals surface area contributed by atoms with Crippen molar-refractivity contribution in [2.24, 2.45) is 7.05 Å². The molecule has 0 amide bonds. The van der Waals surface area contributed by atoms with Crippen LogP contribution >= 0.6 is 0 Å². The number of halogens is 3. The van der Waals surface area contributed by atoms with Crippen LogP contribution in [0.15, 0.2) is 42.6 Å². The average Bonchev–Trinajstić information content (AvgIpc) is 2.80. The normalized spacial score (nSPS) is 12.2. The molecule has 1 aromatic carbocycles. The summed E-state index contributed by atoms with van der Waals surface area (Å²) in [6.45, 7) is 0. The molecule has 1 aromatic heterocycles. The summed E-state index contributed by atoms with van der Waals surface area (Å²) >= 11 is 0. The first-order valence-corrected chi connectivity index (χ1v) is 5.82. The molecule has 2 aromatic rings. The lowest BCUT2D eigenvalue weighted by Gasteiger charge is -2.08. The third-order valence-electron chi connectivity index (χ3n) is 2.90. The van der Waals surface area contributed by atoms with Gasteiger partial charge >= 0.3 is 6.18 Å². The summed E-state index contributed by atoms with van der Waals surface area (Å²) in [5.41, 5.74) is 0.434. The maximum Gasteiger partial charge on any atom is 0.416 e. The molecule has 20 heavy (non-hydrogen) atoms. The number of benzene rings is 1. The SMILES string of the molecule is Cn1cccc1/C=C(\C#N)c1cccc(C(F)(F)F)c1. The van der Waals surface area contributed by atoms with Crippen molar-refractivity contribution in [1.29, 1.82) is 5.26 Å². The zero-order valence-electron chi connectivity index (χ0n) is 10.6. The minimum absolute atomic E-state index is 0.193. The number of hydrogen-bond donors (Lipinski definition) is 0. The highest BCUT2D eigenvalue weighted by atomic mass is 19.4. The Hall–Kier alpha value is -2.48. The van der Waals surface area contributed by atoms with Crippen molar-refractivity contribution in [2.75, 3.05) is 0 Å². The molecule has 0 fully saturated rings. The number of allylic oxidation sites excluding steroid dienone is 1. The minimum Gasteiger partial charge on any atom is -0.351 e. The number of nitriles is 1. The minimum atomic E-state index is -4.42. The summed E-state index contributed by atoms with van der Waals surface area (Å²) in [6.07, 6.45) is -1.05. The Kier molecular flexibility index (Phi) is 3.66. The van der Waals surface area contributed by atoms with E-state index >= 15 is 0 Å². The number of nitrogens with zero attached hydrogens (tertiary/aromatic N) is 2. The Bertz CT molecular complexity index is 688. The van der Waals surface area contributed by atoms with Gasteiger partial charge in [0.05, 0.1) is 17.2 Å². The van der Waals surface area contributed by atoms with Gasteiger partial charge < -0.3 is 4.57 Å². The van der Waals surface area contributed by atoms with Crippen molar-refractivity contribution in [2.45, 2.75) is 6.18 Å². The topological polar surface area (TPSA) is 28.7 Å². The van der Waals surface area contributed by atoms with E-state index in [4.69, 9.17) is 5.26 Å². The predicted molar refractivity (Wildman–Crippen MR) is 70.3 cm³/mol. The second kappa shape index (κ2) is 5.25. The van der Waals surface area contributed by atoms with Crippen LogP contribution in [0.25, 0.3) is 11.6 Å². The van der Waals surface area contributed by atoms with Crippen molar-refractivity contribution in [3.8, 4) is 6.07 Å². The second-order valence-electron chi connectivity index (χ2n) is 4.29. The van der Waals surface area contributed by atoms with E-state index < -0.39 is 11.7 Å². The highest BCUT2D eigenvalue weighted by molar-refractivity contribution is 5.89. The molecule has 102 valence electrons. The van der Waals surface area contributed by atoms with E-state index in [1.54, 1.807) is 36.0 Å². The van der Waals surface area contributed by atoms with Gasteiger partial charge in [-0.3, -0.25) is 0 Å². The van der Waals surface area contributed by atoms with Gasteiger partial charge in [-0.2, -0.15) is 18.4 Å². The van der Waals surface area contributed by atoms with Crippen molar-refractivity contribution in [3.05, 3.63) is 59.4 Å². The van der Waals surface area contributed by atoms with Crippen LogP contribution in [0.4, 0.5) is 13.2 Å². The van der Waals surface area contributed by atoms with Gasteiger partial charge in [-0.05, 0) is 35.9 Å². The molecule has 0 aliphatic carbocycles. The fourth-order valence-corrected chi connectivity index (χ4v) is 1.82. The van der Waals surface area contributed by atoms with Crippen molar-refractivity contribution >= 4 is 11.6 Å². The van der Waals surface area contributed by atoms with E-state index in [0.29, 0.717) is 0 Å². The Labute approximate surface area is 114 Å². The van der Waals surface area contributed by atoms with Crippen LogP contribution < -0.4 is 0 Å². The van der Waals surface area contributed by atoms with E-state index in [-0.39, 0.29) is 11.1 Å². The summed E-state index contributed by atoms with van der Waals surface area (Å²) in [7, 11) is 1.80. The van der Waals surface area contributed by atoms with E-state index in [9.17, 15) is 13.2 Å². The molecule has 0 N–H and O–H groups in total. The fourth-order valence-electron chi connectivity index (χ4n) is 1.82. The Balaban J connectivity index is 2.46. The van der Waals surface area contributed by atoms with Gasteiger partial charge in [0.1, 0.15) is 0 Å². The Morgan fingerprint density at radius 2 is 2.00 bits per heavy atom. The van der Waals surface area contributed by atoms with Gasteiger partial charge in [0.2, 0.25) is 0 Å². The summed E-state index contributed by atoms with van der Waals surface area (Å²) in [4.78, 5) is 0. The van der Waals surface area contributed by atoms with Crippen LogP contribution in [0.3, 0.4) is 0 Å². The summed E-state index contributed by atoms with van der Waals surface area (Å²) in [5, 5.41) is 9.15. The first-order chi connectivity index (χ1) is 9.41. The summed E-state index contributed by atoms with van der Waals surface area (Å²) in [5.74, 6) is 0. The van der Waals surface area contributed by atoms with E-state index in [1.165, 1.54) is 12.1 Å². The van der Waals surface area contributed by atoms with Gasteiger partial charge in [-0.25, -0.2) is 0 Å². The summed E-state index contributed by atoms with van der Waals surface area (Å²) in [6, 6.07) is 10.3. The van der Waals surface area contributed by atoms with Gasteiger partial charge in [-0.1, -0.05) is 12.1 Å². The maximum absolute atomic E-state index is 12.7. The number of aryl methyl sites for hydroxylation is 1. The molecule has 0 saturated heterocycles. The first kappa shape index (κ1) is 13.9. The monoisotopic (exact) mass is 276 g/mol. The number of rotatable bonds is 2. The Morgan fingerprint density at radius 1 is 1.25 bits per heavy atom. The van der Waals surface area contributed by atoms with Crippen LogP contribution in [-0.2, 0) is 13.2 Å². The zero-order chi connectivity index (χ0) is 14.8. The van der Waals surface area contributed by atoms with Crippen LogP contribution in [0, 0.1) is 11.3 Å². The summed E-state index contributed by atoms with van der Waals surface area (Å²) < 4.78 is 39.8. The molecule has 5 heteroatoms. The van der Waals surface area contributed by atoms with E-state index in [2.05, 4.69) is 0 Å². The molecule has 2 nitrogen and oxygen atoms in total. The van der Waals surface area contributed by atoms with E-state index in [1.807, 2.05) is 6.07 Å². The number of aromatic nitrogens is 1. The smallest absolute Gasteiger partial charge is 0.351 e. The molecule has 0 aliphatic heterocycles. The molecule has 0 bridgehead atoms. The lowest BCUT2D eigenvalue weighted by atomic mass is 10.0. The second-order valence-corrected chi connectivity index (χ2v) is 4.29. The lowest BCUT2D eigenvalue weighted by Crippen LogP contribution is -2.05. The molecule has 2 rings (SSSR count). The molecular formula is C15H11F3N2. The predicted octanol–water partition coefficient (Wildman–Crippen LogP) is 4.11. The molecule has 0 atom stereocenters.